The highest BCUT2D eigenvalue weighted by Crippen LogP contribution is 2.28. The van der Waals surface area contributed by atoms with Crippen LogP contribution in [0.4, 0.5) is 0 Å². The number of nitrogens with zero attached hydrogens (tertiary/aromatic N) is 1. The Balaban J connectivity index is 2.43. The SMILES string of the molecule is CCC[C@H](O)C[C@H]1CCC[C@@H](C[C@@H](O)CCC)N1C. The van der Waals surface area contributed by atoms with Crippen molar-refractivity contribution in [2.24, 2.45) is 0 Å². The van der Waals surface area contributed by atoms with Crippen molar-refractivity contribution in [1.29, 1.82) is 0 Å². The van der Waals surface area contributed by atoms with Crippen LogP contribution in [0.15, 0.2) is 0 Å². The molecule has 1 saturated heterocycles. The molecule has 1 aliphatic rings. The highest BCUT2D eigenvalue weighted by atomic mass is 16.3. The summed E-state index contributed by atoms with van der Waals surface area (Å²) in [5, 5.41) is 20.0. The van der Waals surface area contributed by atoms with Crippen LogP contribution in [0.1, 0.15) is 71.6 Å². The molecule has 114 valence electrons. The largest absolute Gasteiger partial charge is 0.393 e. The second kappa shape index (κ2) is 8.93. The molecule has 19 heavy (non-hydrogen) atoms. The first kappa shape index (κ1) is 16.9. The van der Waals surface area contributed by atoms with E-state index in [0.717, 1.165) is 38.5 Å². The molecule has 3 nitrogen and oxygen atoms in total. The first-order valence-electron chi connectivity index (χ1n) is 8.16. The van der Waals surface area contributed by atoms with Crippen molar-refractivity contribution in [3.05, 3.63) is 0 Å². The molecule has 1 aliphatic heterocycles. The lowest BCUT2D eigenvalue weighted by atomic mass is 9.89. The monoisotopic (exact) mass is 271 g/mol. The topological polar surface area (TPSA) is 43.7 Å². The molecule has 2 N–H and O–H groups in total. The minimum absolute atomic E-state index is 0.156. The van der Waals surface area contributed by atoms with Gasteiger partial charge in [0.15, 0.2) is 0 Å². The van der Waals surface area contributed by atoms with Gasteiger partial charge in [0.25, 0.3) is 0 Å². The van der Waals surface area contributed by atoms with Gasteiger partial charge >= 0.3 is 0 Å². The van der Waals surface area contributed by atoms with Crippen LogP contribution in [0.2, 0.25) is 0 Å². The van der Waals surface area contributed by atoms with Crippen molar-refractivity contribution < 1.29 is 10.2 Å². The molecule has 1 rings (SSSR count). The summed E-state index contributed by atoms with van der Waals surface area (Å²) in [4.78, 5) is 2.42. The van der Waals surface area contributed by atoms with Crippen LogP contribution in [-0.4, -0.2) is 46.5 Å². The zero-order chi connectivity index (χ0) is 14.3. The summed E-state index contributed by atoms with van der Waals surface area (Å²) in [6.07, 6.45) is 9.02. The van der Waals surface area contributed by atoms with Gasteiger partial charge < -0.3 is 15.1 Å². The zero-order valence-electron chi connectivity index (χ0n) is 13.0. The molecule has 0 aromatic heterocycles. The highest BCUT2D eigenvalue weighted by Gasteiger charge is 2.29. The number of hydrogen-bond donors (Lipinski definition) is 2. The summed E-state index contributed by atoms with van der Waals surface area (Å²) in [6, 6.07) is 0.989. The number of hydrogen-bond acceptors (Lipinski definition) is 3. The predicted molar refractivity (Wildman–Crippen MR) is 80.3 cm³/mol. The van der Waals surface area contributed by atoms with Crippen LogP contribution >= 0.6 is 0 Å². The molecule has 0 saturated carbocycles. The van der Waals surface area contributed by atoms with Crippen LogP contribution in [-0.2, 0) is 0 Å². The molecule has 0 aromatic rings. The van der Waals surface area contributed by atoms with Crippen LogP contribution in [0.25, 0.3) is 0 Å². The average Bonchev–Trinajstić information content (AvgIpc) is 2.35. The highest BCUT2D eigenvalue weighted by molar-refractivity contribution is 4.85. The second-order valence-corrected chi connectivity index (χ2v) is 6.26. The van der Waals surface area contributed by atoms with Gasteiger partial charge in [0.05, 0.1) is 12.2 Å². The molecule has 1 fully saturated rings. The Labute approximate surface area is 119 Å². The first-order valence-corrected chi connectivity index (χ1v) is 8.16. The van der Waals surface area contributed by atoms with E-state index in [1.54, 1.807) is 0 Å². The first-order chi connectivity index (χ1) is 9.08. The lowest BCUT2D eigenvalue weighted by molar-refractivity contribution is 0.0320. The van der Waals surface area contributed by atoms with Gasteiger partial charge in [-0.2, -0.15) is 0 Å². The normalized spacial score (nSPS) is 28.3. The molecule has 0 bridgehead atoms. The Hall–Kier alpha value is -0.120. The number of likely N-dealkylation sites (tertiary alicyclic amines) is 1. The number of aliphatic hydroxyl groups excluding tert-OH is 2. The predicted octanol–water partition coefficient (Wildman–Crippen LogP) is 2.94. The molecule has 0 spiro atoms. The van der Waals surface area contributed by atoms with E-state index in [2.05, 4.69) is 25.8 Å². The van der Waals surface area contributed by atoms with Gasteiger partial charge in [-0.05, 0) is 45.6 Å². The lowest BCUT2D eigenvalue weighted by Crippen LogP contribution is -2.46. The molecular weight excluding hydrogens is 238 g/mol. The fourth-order valence-corrected chi connectivity index (χ4v) is 3.39. The minimum Gasteiger partial charge on any atom is -0.393 e. The molecule has 0 unspecified atom stereocenters. The van der Waals surface area contributed by atoms with Gasteiger partial charge in [-0.1, -0.05) is 33.1 Å². The maximum absolute atomic E-state index is 10.00. The molecule has 3 heteroatoms. The lowest BCUT2D eigenvalue weighted by Gasteiger charge is -2.41. The van der Waals surface area contributed by atoms with E-state index in [4.69, 9.17) is 0 Å². The zero-order valence-corrected chi connectivity index (χ0v) is 13.0. The molecule has 1 heterocycles. The van der Waals surface area contributed by atoms with Crippen molar-refractivity contribution in [3.8, 4) is 0 Å². The van der Waals surface area contributed by atoms with E-state index >= 15 is 0 Å². The van der Waals surface area contributed by atoms with Gasteiger partial charge in [-0.15, -0.1) is 0 Å². The van der Waals surface area contributed by atoms with Crippen molar-refractivity contribution in [2.45, 2.75) is 95.9 Å². The molecule has 4 atom stereocenters. The molecular formula is C16H33NO2. The number of piperidine rings is 1. The van der Waals surface area contributed by atoms with Gasteiger partial charge in [0.1, 0.15) is 0 Å². The van der Waals surface area contributed by atoms with Gasteiger partial charge in [-0.3, -0.25) is 0 Å². The van der Waals surface area contributed by atoms with E-state index in [1.165, 1.54) is 19.3 Å². The Morgan fingerprint density at radius 1 is 0.947 bits per heavy atom. The van der Waals surface area contributed by atoms with Crippen molar-refractivity contribution >= 4 is 0 Å². The summed E-state index contributed by atoms with van der Waals surface area (Å²) < 4.78 is 0. The molecule has 0 aromatic carbocycles. The molecule has 0 radical (unpaired) electrons. The Morgan fingerprint density at radius 2 is 1.37 bits per heavy atom. The van der Waals surface area contributed by atoms with E-state index in [9.17, 15) is 10.2 Å². The third-order valence-corrected chi connectivity index (χ3v) is 4.56. The van der Waals surface area contributed by atoms with Crippen molar-refractivity contribution in [2.75, 3.05) is 7.05 Å². The summed E-state index contributed by atoms with van der Waals surface area (Å²) in [5.74, 6) is 0. The summed E-state index contributed by atoms with van der Waals surface area (Å²) in [6.45, 7) is 4.25. The Bertz CT molecular complexity index is 213. The van der Waals surface area contributed by atoms with Crippen molar-refractivity contribution in [1.82, 2.24) is 4.90 Å². The van der Waals surface area contributed by atoms with Gasteiger partial charge in [-0.25, -0.2) is 0 Å². The van der Waals surface area contributed by atoms with Crippen LogP contribution in [0.3, 0.4) is 0 Å². The maximum Gasteiger partial charge on any atom is 0.0555 e. The Morgan fingerprint density at radius 3 is 1.74 bits per heavy atom. The summed E-state index contributed by atoms with van der Waals surface area (Å²) in [5.41, 5.74) is 0. The average molecular weight is 271 g/mol. The van der Waals surface area contributed by atoms with Crippen LogP contribution in [0, 0.1) is 0 Å². The number of aliphatic hydroxyl groups is 2. The third-order valence-electron chi connectivity index (χ3n) is 4.56. The number of rotatable bonds is 8. The Kier molecular flexibility index (Phi) is 7.96. The second-order valence-electron chi connectivity index (χ2n) is 6.26. The quantitative estimate of drug-likeness (QED) is 0.713. The third kappa shape index (κ3) is 5.80. The van der Waals surface area contributed by atoms with E-state index < -0.39 is 0 Å². The van der Waals surface area contributed by atoms with Crippen molar-refractivity contribution in [3.63, 3.8) is 0 Å². The maximum atomic E-state index is 10.00. The van der Waals surface area contributed by atoms with E-state index in [-0.39, 0.29) is 12.2 Å². The molecule has 0 aliphatic carbocycles. The van der Waals surface area contributed by atoms with E-state index in [1.807, 2.05) is 0 Å². The van der Waals surface area contributed by atoms with Crippen LogP contribution < -0.4 is 0 Å². The summed E-state index contributed by atoms with van der Waals surface area (Å²) >= 11 is 0. The minimum atomic E-state index is -0.156. The van der Waals surface area contributed by atoms with Crippen LogP contribution in [0.5, 0.6) is 0 Å². The standard InChI is InChI=1S/C16H33NO2/c1-4-7-15(18)11-13-9-6-10-14(17(13)3)12-16(19)8-5-2/h13-16,18-19H,4-12H2,1-3H3/t13-,14+,15-,16-/m0/s1. The molecule has 0 amide bonds. The fourth-order valence-electron chi connectivity index (χ4n) is 3.39. The van der Waals surface area contributed by atoms with Gasteiger partial charge in [0.2, 0.25) is 0 Å². The van der Waals surface area contributed by atoms with E-state index in [0.29, 0.717) is 12.1 Å². The summed E-state index contributed by atoms with van der Waals surface area (Å²) in [7, 11) is 2.17. The fraction of sp³-hybridized carbons (Fsp3) is 1.00. The van der Waals surface area contributed by atoms with Gasteiger partial charge in [0, 0.05) is 12.1 Å². The smallest absolute Gasteiger partial charge is 0.0555 e.